The van der Waals surface area contributed by atoms with Crippen molar-refractivity contribution in [3.63, 3.8) is 0 Å². The van der Waals surface area contributed by atoms with E-state index < -0.39 is 0 Å². The Morgan fingerprint density at radius 3 is 2.41 bits per heavy atom. The number of carbonyl (C=O) groups is 2. The van der Waals surface area contributed by atoms with E-state index in [1.165, 1.54) is 0 Å². The van der Waals surface area contributed by atoms with Gasteiger partial charge in [-0.25, -0.2) is 0 Å². The zero-order valence-corrected chi connectivity index (χ0v) is 18.8. The highest BCUT2D eigenvalue weighted by Crippen LogP contribution is 2.43. The van der Waals surface area contributed by atoms with Gasteiger partial charge in [-0.3, -0.25) is 14.6 Å². The summed E-state index contributed by atoms with van der Waals surface area (Å²) in [5.41, 5.74) is 4.13. The van der Waals surface area contributed by atoms with Crippen molar-refractivity contribution in [3.8, 4) is 0 Å². The summed E-state index contributed by atoms with van der Waals surface area (Å²) in [6, 6.07) is 21.7. The molecule has 6 nitrogen and oxygen atoms in total. The van der Waals surface area contributed by atoms with Crippen LogP contribution in [0.5, 0.6) is 0 Å². The molecule has 2 aliphatic heterocycles. The lowest BCUT2D eigenvalue weighted by Gasteiger charge is -2.58. The topological polar surface area (TPSA) is 73.7 Å². The summed E-state index contributed by atoms with van der Waals surface area (Å²) < 4.78 is 0. The van der Waals surface area contributed by atoms with Crippen molar-refractivity contribution < 1.29 is 14.7 Å². The van der Waals surface area contributed by atoms with Gasteiger partial charge >= 0.3 is 0 Å². The molecular formula is C28H27N3O3. The zero-order valence-electron chi connectivity index (χ0n) is 18.8. The highest BCUT2D eigenvalue weighted by molar-refractivity contribution is 5.88. The van der Waals surface area contributed by atoms with Gasteiger partial charge in [-0.15, -0.1) is 0 Å². The fourth-order valence-electron chi connectivity index (χ4n) is 5.06. The Morgan fingerprint density at radius 2 is 1.74 bits per heavy atom. The van der Waals surface area contributed by atoms with Crippen molar-refractivity contribution in [2.24, 2.45) is 0 Å². The third kappa shape index (κ3) is 4.37. The van der Waals surface area contributed by atoms with Crippen LogP contribution in [-0.4, -0.2) is 63.5 Å². The largest absolute Gasteiger partial charge is 0.394 e. The fourth-order valence-corrected chi connectivity index (χ4v) is 5.06. The molecule has 172 valence electrons. The predicted octanol–water partition coefficient (Wildman–Crippen LogP) is 2.99. The SMILES string of the molecule is O=C(Cc1cccnc1)N1CC(=O)N2[C@H](CO)[C@@H](c3ccc(C=Cc4ccccc4)cc3)[C@@H]2C1. The van der Waals surface area contributed by atoms with Gasteiger partial charge in [0.2, 0.25) is 11.8 Å². The van der Waals surface area contributed by atoms with Gasteiger partial charge in [0.15, 0.2) is 0 Å². The van der Waals surface area contributed by atoms with Crippen LogP contribution in [-0.2, 0) is 16.0 Å². The lowest BCUT2D eigenvalue weighted by molar-refractivity contribution is -0.166. The van der Waals surface area contributed by atoms with Crippen molar-refractivity contribution in [2.75, 3.05) is 19.7 Å². The second kappa shape index (κ2) is 9.61. The third-order valence-electron chi connectivity index (χ3n) is 6.77. The van der Waals surface area contributed by atoms with Crippen molar-refractivity contribution in [2.45, 2.75) is 24.4 Å². The van der Waals surface area contributed by atoms with E-state index in [9.17, 15) is 14.7 Å². The van der Waals surface area contributed by atoms with E-state index in [4.69, 9.17) is 0 Å². The molecule has 0 unspecified atom stereocenters. The van der Waals surface area contributed by atoms with Crippen LogP contribution < -0.4 is 0 Å². The minimum atomic E-state index is -0.251. The fraction of sp³-hybridized carbons (Fsp3) is 0.250. The van der Waals surface area contributed by atoms with E-state index in [0.29, 0.717) is 6.54 Å². The number of piperazine rings is 1. The van der Waals surface area contributed by atoms with Crippen molar-refractivity contribution >= 4 is 24.0 Å². The molecule has 1 N–H and O–H groups in total. The van der Waals surface area contributed by atoms with E-state index in [-0.39, 0.29) is 49.4 Å². The minimum absolute atomic E-state index is 0.00454. The van der Waals surface area contributed by atoms with Crippen molar-refractivity contribution in [1.82, 2.24) is 14.8 Å². The standard InChI is InChI=1S/C28H27N3O3/c32-19-25-28(23-12-10-21(11-13-23)9-8-20-5-2-1-3-6-20)24-17-30(18-27(34)31(24)25)26(33)15-22-7-4-14-29-16-22/h1-14,16,24-25,28,32H,15,17-19H2/t24-,25+,28-/m0/s1. The molecule has 6 heteroatoms. The molecule has 2 amide bonds. The van der Waals surface area contributed by atoms with Crippen LogP contribution in [0.15, 0.2) is 79.1 Å². The maximum atomic E-state index is 12.9. The quantitative estimate of drug-likeness (QED) is 0.583. The number of nitrogens with zero attached hydrogens (tertiary/aromatic N) is 3. The molecule has 2 fully saturated rings. The summed E-state index contributed by atoms with van der Waals surface area (Å²) in [4.78, 5) is 33.2. The molecule has 34 heavy (non-hydrogen) atoms. The highest BCUT2D eigenvalue weighted by Gasteiger charge is 2.54. The van der Waals surface area contributed by atoms with Gasteiger partial charge in [0.05, 0.1) is 31.7 Å². The number of carbonyl (C=O) groups excluding carboxylic acids is 2. The third-order valence-corrected chi connectivity index (χ3v) is 6.77. The molecule has 0 saturated carbocycles. The lowest BCUT2D eigenvalue weighted by atomic mass is 9.73. The Hall–Kier alpha value is -3.77. The number of hydrogen-bond acceptors (Lipinski definition) is 4. The van der Waals surface area contributed by atoms with Crippen molar-refractivity contribution in [1.29, 1.82) is 0 Å². The summed E-state index contributed by atoms with van der Waals surface area (Å²) in [6.07, 6.45) is 7.72. The van der Waals surface area contributed by atoms with Gasteiger partial charge in [0, 0.05) is 24.9 Å². The molecule has 2 saturated heterocycles. The summed E-state index contributed by atoms with van der Waals surface area (Å²) in [5, 5.41) is 10.0. The number of pyridine rings is 1. The smallest absolute Gasteiger partial charge is 0.242 e. The molecule has 5 rings (SSSR count). The minimum Gasteiger partial charge on any atom is -0.394 e. The number of benzene rings is 2. The maximum absolute atomic E-state index is 12.9. The first-order valence-corrected chi connectivity index (χ1v) is 11.6. The van der Waals surface area contributed by atoms with Gasteiger partial charge in [-0.2, -0.15) is 0 Å². The van der Waals surface area contributed by atoms with Crippen LogP contribution in [0.1, 0.15) is 28.2 Å². The molecule has 2 aromatic carbocycles. The average molecular weight is 454 g/mol. The molecule has 0 radical (unpaired) electrons. The van der Waals surface area contributed by atoms with E-state index in [0.717, 1.165) is 22.3 Å². The summed E-state index contributed by atoms with van der Waals surface area (Å²) >= 11 is 0. The molecule has 1 aromatic heterocycles. The number of aliphatic hydroxyl groups is 1. The molecule has 2 aliphatic rings. The summed E-state index contributed by atoms with van der Waals surface area (Å²) in [5.74, 6) is -0.183. The number of rotatable bonds is 6. The van der Waals surface area contributed by atoms with Gasteiger partial charge in [-0.1, -0.05) is 72.8 Å². The Balaban J connectivity index is 1.30. The van der Waals surface area contributed by atoms with Crippen LogP contribution in [0.2, 0.25) is 0 Å². The monoisotopic (exact) mass is 453 g/mol. The molecule has 0 aliphatic carbocycles. The Morgan fingerprint density at radius 1 is 1.00 bits per heavy atom. The lowest BCUT2D eigenvalue weighted by Crippen LogP contribution is -2.73. The van der Waals surface area contributed by atoms with Gasteiger partial charge in [-0.05, 0) is 28.3 Å². The van der Waals surface area contributed by atoms with Crippen LogP contribution in [0.4, 0.5) is 0 Å². The zero-order chi connectivity index (χ0) is 23.5. The van der Waals surface area contributed by atoms with Crippen molar-refractivity contribution in [3.05, 3.63) is 101 Å². The maximum Gasteiger partial charge on any atom is 0.242 e. The van der Waals surface area contributed by atoms with Gasteiger partial charge in [0.1, 0.15) is 0 Å². The molecular weight excluding hydrogens is 426 g/mol. The highest BCUT2D eigenvalue weighted by atomic mass is 16.3. The van der Waals surface area contributed by atoms with Crippen LogP contribution in [0, 0.1) is 0 Å². The Labute approximate surface area is 199 Å². The Kier molecular flexibility index (Phi) is 6.23. The van der Waals surface area contributed by atoms with Crippen LogP contribution in [0.3, 0.4) is 0 Å². The van der Waals surface area contributed by atoms with Crippen LogP contribution in [0.25, 0.3) is 12.2 Å². The number of hydrogen-bond donors (Lipinski definition) is 1. The number of aromatic nitrogens is 1. The predicted molar refractivity (Wildman–Crippen MR) is 131 cm³/mol. The number of amides is 2. The summed E-state index contributed by atoms with van der Waals surface area (Å²) in [7, 11) is 0. The van der Waals surface area contributed by atoms with Gasteiger partial charge in [0.25, 0.3) is 0 Å². The molecule has 3 aromatic rings. The first-order chi connectivity index (χ1) is 16.6. The molecule has 0 spiro atoms. The van der Waals surface area contributed by atoms with E-state index >= 15 is 0 Å². The van der Waals surface area contributed by atoms with Gasteiger partial charge < -0.3 is 14.9 Å². The summed E-state index contributed by atoms with van der Waals surface area (Å²) in [6.45, 7) is 0.440. The first-order valence-electron chi connectivity index (χ1n) is 11.6. The molecule has 0 bridgehead atoms. The van der Waals surface area contributed by atoms with E-state index in [1.54, 1.807) is 28.3 Å². The Bertz CT molecular complexity index is 1180. The number of aliphatic hydroxyl groups excluding tert-OH is 1. The normalized spacial score (nSPS) is 21.9. The second-order valence-corrected chi connectivity index (χ2v) is 8.87. The number of fused-ring (bicyclic) bond motifs is 1. The van der Waals surface area contributed by atoms with E-state index in [1.807, 2.05) is 24.3 Å². The molecule has 3 heterocycles. The molecule has 3 atom stereocenters. The second-order valence-electron chi connectivity index (χ2n) is 8.87. The average Bonchev–Trinajstić information content (AvgIpc) is 2.86. The van der Waals surface area contributed by atoms with E-state index in [2.05, 4.69) is 53.5 Å². The first kappa shape index (κ1) is 22.0. The van der Waals surface area contributed by atoms with Crippen LogP contribution >= 0.6 is 0 Å².